The first kappa shape index (κ1) is 45.7. The molecule has 0 radical (unpaired) electrons. The van der Waals surface area contributed by atoms with Gasteiger partial charge < -0.3 is 26.2 Å². The van der Waals surface area contributed by atoms with Crippen molar-refractivity contribution in [2.75, 3.05) is 19.8 Å². The Hall–Kier alpha value is -1.32. The highest BCUT2D eigenvalue weighted by atomic mass is 31.2. The monoisotopic (exact) mass is 686 g/mol. The smallest absolute Gasteiger partial charge is 0.393 e. The molecule has 0 saturated heterocycles. The first-order valence-electron chi connectivity index (χ1n) is 18.7. The summed E-state index contributed by atoms with van der Waals surface area (Å²) in [7, 11) is -4.39. The van der Waals surface area contributed by atoms with E-state index in [1.165, 1.54) is 70.6 Å². The molecule has 47 heavy (non-hydrogen) atoms. The van der Waals surface area contributed by atoms with Crippen LogP contribution in [-0.2, 0) is 18.4 Å². The van der Waals surface area contributed by atoms with Crippen molar-refractivity contribution in [3.63, 3.8) is 0 Å². The second-order valence-electron chi connectivity index (χ2n) is 12.7. The molecule has 276 valence electrons. The van der Waals surface area contributed by atoms with Crippen LogP contribution < -0.4 is 11.1 Å². The Labute approximate surface area is 287 Å². The lowest BCUT2D eigenvalue weighted by atomic mass is 10.0. The van der Waals surface area contributed by atoms with Gasteiger partial charge in [0.2, 0.25) is 5.91 Å². The van der Waals surface area contributed by atoms with Crippen LogP contribution in [0, 0.1) is 0 Å². The predicted molar refractivity (Wildman–Crippen MR) is 195 cm³/mol. The maximum absolute atomic E-state index is 12.7. The summed E-state index contributed by atoms with van der Waals surface area (Å²) in [5.41, 5.74) is 5.34. The van der Waals surface area contributed by atoms with E-state index in [-0.39, 0.29) is 19.6 Å². The summed E-state index contributed by atoms with van der Waals surface area (Å²) in [6.07, 6.45) is 33.7. The summed E-state index contributed by atoms with van der Waals surface area (Å²) in [4.78, 5) is 22.6. The van der Waals surface area contributed by atoms with Gasteiger partial charge >= 0.3 is 7.82 Å². The normalized spacial score (nSPS) is 15.4. The van der Waals surface area contributed by atoms with Gasteiger partial charge in [-0.2, -0.15) is 0 Å². The molecule has 0 saturated carbocycles. The van der Waals surface area contributed by atoms with E-state index < -0.39 is 38.6 Å². The predicted octanol–water partition coefficient (Wildman–Crippen LogP) is 8.58. The van der Waals surface area contributed by atoms with Gasteiger partial charge in [0.25, 0.3) is 0 Å². The minimum absolute atomic E-state index is 0.0458. The van der Waals surface area contributed by atoms with E-state index in [0.717, 1.165) is 57.8 Å². The zero-order chi connectivity index (χ0) is 34.9. The summed E-state index contributed by atoms with van der Waals surface area (Å²) in [5.74, 6) is -0.461. The van der Waals surface area contributed by atoms with Crippen LogP contribution in [0.25, 0.3) is 0 Å². The number of amides is 1. The van der Waals surface area contributed by atoms with Crippen molar-refractivity contribution >= 4 is 13.7 Å². The molecule has 6 N–H and O–H groups in total. The zero-order valence-electron chi connectivity index (χ0n) is 29.9. The summed E-state index contributed by atoms with van der Waals surface area (Å²) < 4.78 is 22.0. The number of nitrogens with two attached hydrogens (primary N) is 1. The lowest BCUT2D eigenvalue weighted by molar-refractivity contribution is -0.124. The standard InChI is InChI=1S/C37H71N2O7P/c1-3-5-7-9-11-13-15-17-18-20-22-24-26-28-34(40)32-37(42)39-35(33-46-47(43,44)45-31-30-38)36(41)29-27-25-23-21-19-16-14-12-10-8-6-4-2/h11,13,15,17,27,29,34-36,40-41H,3-10,12,14,16,18-26,28,30-33,38H2,1-2H3,(H,39,42)(H,43,44)/b13-11-,17-15-,29-27+. The van der Waals surface area contributed by atoms with Crippen LogP contribution in [0.5, 0.6) is 0 Å². The molecule has 4 unspecified atom stereocenters. The number of hydrogen-bond donors (Lipinski definition) is 5. The molecule has 0 aliphatic rings. The van der Waals surface area contributed by atoms with Gasteiger partial charge in [-0.3, -0.25) is 13.8 Å². The van der Waals surface area contributed by atoms with Gasteiger partial charge in [0.15, 0.2) is 0 Å². The first-order chi connectivity index (χ1) is 22.8. The number of phosphoric acid groups is 1. The minimum Gasteiger partial charge on any atom is -0.393 e. The number of unbranched alkanes of at least 4 members (excludes halogenated alkanes) is 17. The number of nitrogens with one attached hydrogen (secondary N) is 1. The number of allylic oxidation sites excluding steroid dienone is 5. The topological polar surface area (TPSA) is 151 Å². The third-order valence-corrected chi connectivity index (χ3v) is 9.03. The van der Waals surface area contributed by atoms with E-state index in [1.807, 2.05) is 6.08 Å². The van der Waals surface area contributed by atoms with Crippen molar-refractivity contribution in [1.82, 2.24) is 5.32 Å². The molecule has 0 aliphatic carbocycles. The van der Waals surface area contributed by atoms with Gasteiger partial charge in [0.1, 0.15) is 0 Å². The maximum atomic E-state index is 12.7. The van der Waals surface area contributed by atoms with Crippen LogP contribution in [0.2, 0.25) is 0 Å². The van der Waals surface area contributed by atoms with Gasteiger partial charge in [-0.25, -0.2) is 4.57 Å². The van der Waals surface area contributed by atoms with E-state index in [0.29, 0.717) is 6.42 Å². The summed E-state index contributed by atoms with van der Waals surface area (Å²) >= 11 is 0. The van der Waals surface area contributed by atoms with Gasteiger partial charge in [0, 0.05) is 6.54 Å². The number of rotatable bonds is 34. The second kappa shape index (κ2) is 33.2. The van der Waals surface area contributed by atoms with Crippen molar-refractivity contribution < 1.29 is 33.5 Å². The lowest BCUT2D eigenvalue weighted by Gasteiger charge is -2.24. The minimum atomic E-state index is -4.39. The molecule has 0 aliphatic heterocycles. The molecule has 0 aromatic rings. The lowest BCUT2D eigenvalue weighted by Crippen LogP contribution is -2.46. The fourth-order valence-electron chi connectivity index (χ4n) is 5.16. The van der Waals surface area contributed by atoms with Crippen LogP contribution in [0.4, 0.5) is 0 Å². The number of aliphatic hydroxyl groups is 2. The van der Waals surface area contributed by atoms with E-state index in [4.69, 9.17) is 14.8 Å². The van der Waals surface area contributed by atoms with Gasteiger partial charge in [-0.1, -0.05) is 140 Å². The Morgan fingerprint density at radius 1 is 0.745 bits per heavy atom. The van der Waals surface area contributed by atoms with E-state index in [9.17, 15) is 24.5 Å². The highest BCUT2D eigenvalue weighted by molar-refractivity contribution is 7.47. The van der Waals surface area contributed by atoms with Crippen LogP contribution in [-0.4, -0.2) is 59.0 Å². The first-order valence-corrected chi connectivity index (χ1v) is 20.2. The average molecular weight is 687 g/mol. The Balaban J connectivity index is 4.50. The second-order valence-corrected chi connectivity index (χ2v) is 14.1. The number of aliphatic hydroxyl groups excluding tert-OH is 2. The molecule has 9 nitrogen and oxygen atoms in total. The van der Waals surface area contributed by atoms with Crippen LogP contribution in [0.15, 0.2) is 36.5 Å². The van der Waals surface area contributed by atoms with Crippen LogP contribution >= 0.6 is 7.82 Å². The fraction of sp³-hybridized carbons (Fsp3) is 0.811. The molecular weight excluding hydrogens is 615 g/mol. The number of carbonyl (C=O) groups is 1. The van der Waals surface area contributed by atoms with Gasteiger partial charge in [-0.05, 0) is 44.9 Å². The summed E-state index contributed by atoms with van der Waals surface area (Å²) in [6, 6.07) is -0.986. The average Bonchev–Trinajstić information content (AvgIpc) is 3.04. The highest BCUT2D eigenvalue weighted by Crippen LogP contribution is 2.43. The summed E-state index contributed by atoms with van der Waals surface area (Å²) in [6.45, 7) is 3.89. The highest BCUT2D eigenvalue weighted by Gasteiger charge is 2.27. The Bertz CT molecular complexity index is 853. The van der Waals surface area contributed by atoms with E-state index in [1.54, 1.807) is 6.08 Å². The number of phosphoric ester groups is 1. The largest absolute Gasteiger partial charge is 0.472 e. The van der Waals surface area contributed by atoms with Crippen molar-refractivity contribution in [3.8, 4) is 0 Å². The van der Waals surface area contributed by atoms with Crippen molar-refractivity contribution in [3.05, 3.63) is 36.5 Å². The molecule has 0 fully saturated rings. The quantitative estimate of drug-likeness (QED) is 0.0195. The Morgan fingerprint density at radius 3 is 1.81 bits per heavy atom. The van der Waals surface area contributed by atoms with E-state index in [2.05, 4.69) is 43.5 Å². The van der Waals surface area contributed by atoms with E-state index >= 15 is 0 Å². The molecule has 0 bridgehead atoms. The molecule has 0 heterocycles. The van der Waals surface area contributed by atoms with Gasteiger partial charge in [-0.15, -0.1) is 0 Å². The fourth-order valence-corrected chi connectivity index (χ4v) is 5.92. The molecule has 1 amide bonds. The summed E-state index contributed by atoms with van der Waals surface area (Å²) in [5, 5.41) is 23.9. The Kier molecular flexibility index (Phi) is 32.3. The van der Waals surface area contributed by atoms with Crippen LogP contribution in [0.3, 0.4) is 0 Å². The molecule has 0 spiro atoms. The SMILES string of the molecule is CCCCC/C=C\C=C/CCCCCCC(O)CC(=O)NC(COP(=O)(O)OCCN)C(O)/C=C/CCCCCCCCCCCC. The number of carbonyl (C=O) groups excluding carboxylic acids is 1. The van der Waals surface area contributed by atoms with Crippen molar-refractivity contribution in [2.24, 2.45) is 5.73 Å². The number of hydrogen-bond acceptors (Lipinski definition) is 7. The third kappa shape index (κ3) is 31.7. The molecule has 0 aromatic heterocycles. The Morgan fingerprint density at radius 2 is 1.23 bits per heavy atom. The zero-order valence-corrected chi connectivity index (χ0v) is 30.8. The van der Waals surface area contributed by atoms with Crippen molar-refractivity contribution in [2.45, 2.75) is 173 Å². The molecule has 0 rings (SSSR count). The molecule has 10 heteroatoms. The van der Waals surface area contributed by atoms with Crippen LogP contribution in [0.1, 0.15) is 155 Å². The molecule has 0 aromatic carbocycles. The van der Waals surface area contributed by atoms with Crippen molar-refractivity contribution in [1.29, 1.82) is 0 Å². The maximum Gasteiger partial charge on any atom is 0.472 e. The molecular formula is C37H71N2O7P. The van der Waals surface area contributed by atoms with Gasteiger partial charge in [0.05, 0.1) is 37.9 Å². The third-order valence-electron chi connectivity index (χ3n) is 8.04. The molecule has 4 atom stereocenters.